The summed E-state index contributed by atoms with van der Waals surface area (Å²) in [7, 11) is 0. The molecule has 0 aliphatic carbocycles. The Labute approximate surface area is 126 Å². The molecule has 1 aliphatic heterocycles. The summed E-state index contributed by atoms with van der Waals surface area (Å²) in [5, 5.41) is 8.72. The number of hydrogen-bond donors (Lipinski definition) is 0. The lowest BCUT2D eigenvalue weighted by atomic mass is 10.1. The van der Waals surface area contributed by atoms with Gasteiger partial charge in [0.15, 0.2) is 0 Å². The molecule has 1 aromatic carbocycles. The van der Waals surface area contributed by atoms with Crippen molar-refractivity contribution in [1.29, 1.82) is 5.26 Å². The maximum absolute atomic E-state index is 12.7. The zero-order chi connectivity index (χ0) is 16.2. The van der Waals surface area contributed by atoms with Crippen molar-refractivity contribution in [2.75, 3.05) is 19.8 Å². The molecule has 1 fully saturated rings. The number of hydrogen-bond acceptors (Lipinski definition) is 3. The Balaban J connectivity index is 2.12. The maximum atomic E-state index is 12.7. The van der Waals surface area contributed by atoms with Gasteiger partial charge in [0, 0.05) is 13.2 Å². The van der Waals surface area contributed by atoms with Crippen LogP contribution < -0.4 is 0 Å². The zero-order valence-corrected chi connectivity index (χ0v) is 11.8. The van der Waals surface area contributed by atoms with Gasteiger partial charge in [-0.3, -0.25) is 4.79 Å². The second-order valence-corrected chi connectivity index (χ2v) is 5.18. The Bertz CT molecular complexity index is 558. The third kappa shape index (κ3) is 4.46. The Morgan fingerprint density at radius 3 is 2.55 bits per heavy atom. The minimum Gasteiger partial charge on any atom is -0.381 e. The molecular weight excluding hydrogens is 297 g/mol. The first-order chi connectivity index (χ1) is 10.4. The van der Waals surface area contributed by atoms with Gasteiger partial charge in [0.25, 0.3) is 0 Å². The Hall–Kier alpha value is -2.07. The molecule has 1 aromatic rings. The smallest absolute Gasteiger partial charge is 0.381 e. The highest BCUT2D eigenvalue weighted by atomic mass is 19.4. The average Bonchev–Trinajstić information content (AvgIpc) is 2.99. The molecule has 2 rings (SSSR count). The minimum absolute atomic E-state index is 0.138. The van der Waals surface area contributed by atoms with E-state index in [1.807, 2.05) is 6.07 Å². The summed E-state index contributed by atoms with van der Waals surface area (Å²) in [6.07, 6.45) is -4.01. The van der Waals surface area contributed by atoms with Crippen molar-refractivity contribution in [3.63, 3.8) is 0 Å². The fraction of sp³-hybridized carbons (Fsp3) is 0.467. The third-order valence-corrected chi connectivity index (χ3v) is 3.42. The van der Waals surface area contributed by atoms with Crippen LogP contribution in [0.3, 0.4) is 0 Å². The first-order valence-corrected chi connectivity index (χ1v) is 6.81. The highest BCUT2D eigenvalue weighted by Gasteiger charge is 2.36. The zero-order valence-electron chi connectivity index (χ0n) is 11.8. The summed E-state index contributed by atoms with van der Waals surface area (Å²) in [5.41, 5.74) is 0.970. The number of carbonyl (C=O) groups excluding carboxylic acids is 1. The highest BCUT2D eigenvalue weighted by Crippen LogP contribution is 2.23. The number of rotatable bonds is 4. The lowest BCUT2D eigenvalue weighted by molar-refractivity contribution is -0.165. The summed E-state index contributed by atoms with van der Waals surface area (Å²) in [6.45, 7) is -0.865. The second-order valence-electron chi connectivity index (χ2n) is 5.18. The van der Waals surface area contributed by atoms with Crippen molar-refractivity contribution < 1.29 is 22.7 Å². The van der Waals surface area contributed by atoms with Crippen LogP contribution in [0.2, 0.25) is 0 Å². The van der Waals surface area contributed by atoms with Crippen LogP contribution in [0.15, 0.2) is 24.3 Å². The number of nitrogens with zero attached hydrogens (tertiary/aromatic N) is 2. The highest BCUT2D eigenvalue weighted by molar-refractivity contribution is 5.79. The van der Waals surface area contributed by atoms with Crippen molar-refractivity contribution in [3.8, 4) is 6.07 Å². The second kappa shape index (κ2) is 6.79. The van der Waals surface area contributed by atoms with Crippen LogP contribution in [-0.2, 0) is 16.1 Å². The topological polar surface area (TPSA) is 53.3 Å². The predicted molar refractivity (Wildman–Crippen MR) is 71.6 cm³/mol. The molecule has 7 heteroatoms. The molecule has 0 aromatic heterocycles. The van der Waals surface area contributed by atoms with Gasteiger partial charge in [0.1, 0.15) is 6.54 Å². The maximum Gasteiger partial charge on any atom is 0.406 e. The van der Waals surface area contributed by atoms with Crippen LogP contribution in [0.1, 0.15) is 17.5 Å². The molecule has 0 bridgehead atoms. The van der Waals surface area contributed by atoms with Crippen LogP contribution in [-0.4, -0.2) is 36.7 Å². The van der Waals surface area contributed by atoms with E-state index in [9.17, 15) is 18.0 Å². The molecule has 1 aliphatic rings. The number of nitriles is 1. The van der Waals surface area contributed by atoms with Gasteiger partial charge < -0.3 is 9.64 Å². The van der Waals surface area contributed by atoms with E-state index in [2.05, 4.69) is 0 Å². The van der Waals surface area contributed by atoms with E-state index in [-0.39, 0.29) is 13.2 Å². The van der Waals surface area contributed by atoms with Gasteiger partial charge in [-0.15, -0.1) is 0 Å². The van der Waals surface area contributed by atoms with Gasteiger partial charge >= 0.3 is 6.18 Å². The number of benzene rings is 1. The molecular formula is C15H15F3N2O2. The first-order valence-electron chi connectivity index (χ1n) is 6.81. The van der Waals surface area contributed by atoms with Crippen LogP contribution >= 0.6 is 0 Å². The van der Waals surface area contributed by atoms with Crippen molar-refractivity contribution in [2.45, 2.75) is 19.1 Å². The lowest BCUT2D eigenvalue weighted by Gasteiger charge is -2.26. The molecule has 118 valence electrons. The Kier molecular flexibility index (Phi) is 5.03. The number of ether oxygens (including phenoxy) is 1. The molecule has 0 spiro atoms. The van der Waals surface area contributed by atoms with E-state index in [1.165, 1.54) is 12.1 Å². The number of alkyl halides is 3. The van der Waals surface area contributed by atoms with Crippen LogP contribution in [0.25, 0.3) is 0 Å². The summed E-state index contributed by atoms with van der Waals surface area (Å²) >= 11 is 0. The Morgan fingerprint density at radius 1 is 1.36 bits per heavy atom. The molecule has 4 nitrogen and oxygen atoms in total. The standard InChI is InChI=1S/C15H15F3N2O2/c16-15(17,18)10-20(14(21)13-5-6-22-9-13)8-12-3-1-11(7-19)2-4-12/h1-4,13H,5-6,8-10H2. The molecule has 1 unspecified atom stereocenters. The van der Waals surface area contributed by atoms with Gasteiger partial charge in [-0.05, 0) is 24.1 Å². The van der Waals surface area contributed by atoms with Crippen molar-refractivity contribution in [1.82, 2.24) is 4.90 Å². The van der Waals surface area contributed by atoms with Crippen molar-refractivity contribution in [3.05, 3.63) is 35.4 Å². The third-order valence-electron chi connectivity index (χ3n) is 3.42. The number of amides is 1. The van der Waals surface area contributed by atoms with E-state index < -0.39 is 24.5 Å². The Morgan fingerprint density at radius 2 is 2.05 bits per heavy atom. The SMILES string of the molecule is N#Cc1ccc(CN(CC(F)(F)F)C(=O)C2CCOC2)cc1. The molecule has 22 heavy (non-hydrogen) atoms. The van der Waals surface area contributed by atoms with E-state index in [4.69, 9.17) is 10.00 Å². The van der Waals surface area contributed by atoms with Gasteiger partial charge in [-0.1, -0.05) is 12.1 Å². The van der Waals surface area contributed by atoms with Crippen LogP contribution in [0, 0.1) is 17.2 Å². The summed E-state index contributed by atoms with van der Waals surface area (Å²) in [6, 6.07) is 8.08. The number of halogens is 3. The van der Waals surface area contributed by atoms with Gasteiger partial charge in [0.05, 0.1) is 24.2 Å². The average molecular weight is 312 g/mol. The van der Waals surface area contributed by atoms with Crippen molar-refractivity contribution in [2.24, 2.45) is 5.92 Å². The lowest BCUT2D eigenvalue weighted by Crippen LogP contribution is -2.42. The van der Waals surface area contributed by atoms with E-state index in [0.29, 0.717) is 24.2 Å². The first kappa shape index (κ1) is 16.3. The van der Waals surface area contributed by atoms with E-state index in [0.717, 1.165) is 4.90 Å². The van der Waals surface area contributed by atoms with Crippen molar-refractivity contribution >= 4 is 5.91 Å². The largest absolute Gasteiger partial charge is 0.406 e. The molecule has 1 amide bonds. The fourth-order valence-electron chi connectivity index (χ4n) is 2.32. The van der Waals surface area contributed by atoms with E-state index >= 15 is 0 Å². The molecule has 1 atom stereocenters. The molecule has 1 heterocycles. The minimum atomic E-state index is -4.46. The molecule has 0 radical (unpaired) electrons. The van der Waals surface area contributed by atoms with Gasteiger partial charge in [-0.2, -0.15) is 18.4 Å². The van der Waals surface area contributed by atoms with Crippen LogP contribution in [0.4, 0.5) is 13.2 Å². The summed E-state index contributed by atoms with van der Waals surface area (Å²) in [5.74, 6) is -1.06. The molecule has 0 saturated carbocycles. The van der Waals surface area contributed by atoms with Gasteiger partial charge in [-0.25, -0.2) is 0 Å². The quantitative estimate of drug-likeness (QED) is 0.858. The predicted octanol–water partition coefficient (Wildman–Crippen LogP) is 2.49. The monoisotopic (exact) mass is 312 g/mol. The molecule has 0 N–H and O–H groups in total. The van der Waals surface area contributed by atoms with E-state index in [1.54, 1.807) is 12.1 Å². The normalized spacial score (nSPS) is 18.0. The fourth-order valence-corrected chi connectivity index (χ4v) is 2.32. The van der Waals surface area contributed by atoms with Crippen LogP contribution in [0.5, 0.6) is 0 Å². The summed E-state index contributed by atoms with van der Waals surface area (Å²) in [4.78, 5) is 13.1. The number of carbonyl (C=O) groups is 1. The summed E-state index contributed by atoms with van der Waals surface area (Å²) < 4.78 is 43.2. The molecule has 1 saturated heterocycles. The van der Waals surface area contributed by atoms with Gasteiger partial charge in [0.2, 0.25) is 5.91 Å².